The van der Waals surface area contributed by atoms with Crippen molar-refractivity contribution in [1.82, 2.24) is 0 Å². The van der Waals surface area contributed by atoms with Crippen LogP contribution < -0.4 is 4.74 Å². The zero-order valence-electron chi connectivity index (χ0n) is 12.1. The van der Waals surface area contributed by atoms with Crippen LogP contribution in [0.2, 0.25) is 0 Å². The van der Waals surface area contributed by atoms with E-state index in [9.17, 15) is 5.11 Å². The van der Waals surface area contributed by atoms with Gasteiger partial charge in [-0.1, -0.05) is 6.42 Å². The van der Waals surface area contributed by atoms with Crippen molar-refractivity contribution in [1.29, 1.82) is 0 Å². The minimum Gasteiger partial charge on any atom is -0.496 e. The molecule has 0 aromatic heterocycles. The lowest BCUT2D eigenvalue weighted by molar-refractivity contribution is 0.0744. The number of fused-ring (bicyclic) bond motifs is 2. The highest BCUT2D eigenvalue weighted by atomic mass is 16.5. The van der Waals surface area contributed by atoms with Crippen molar-refractivity contribution < 1.29 is 9.84 Å². The molecule has 2 saturated carbocycles. The lowest BCUT2D eigenvalue weighted by atomic mass is 9.81. The second kappa shape index (κ2) is 4.82. The summed E-state index contributed by atoms with van der Waals surface area (Å²) in [6.45, 7) is 4.12. The molecule has 0 radical (unpaired) electrons. The zero-order chi connectivity index (χ0) is 13.6. The molecular formula is C17H24O2. The molecule has 4 atom stereocenters. The van der Waals surface area contributed by atoms with Crippen LogP contribution in [0.4, 0.5) is 0 Å². The minimum absolute atomic E-state index is 0.293. The first-order valence-corrected chi connectivity index (χ1v) is 7.43. The molecule has 2 aliphatic carbocycles. The Balaban J connectivity index is 1.86. The summed E-state index contributed by atoms with van der Waals surface area (Å²) >= 11 is 0. The van der Waals surface area contributed by atoms with E-state index in [4.69, 9.17) is 4.74 Å². The van der Waals surface area contributed by atoms with Gasteiger partial charge in [0.05, 0.1) is 13.2 Å². The van der Waals surface area contributed by atoms with Gasteiger partial charge in [0.2, 0.25) is 0 Å². The molecule has 4 unspecified atom stereocenters. The molecule has 1 aromatic carbocycles. The maximum absolute atomic E-state index is 10.7. The van der Waals surface area contributed by atoms with Gasteiger partial charge in [0.1, 0.15) is 5.75 Å². The fourth-order valence-corrected chi connectivity index (χ4v) is 4.40. The van der Waals surface area contributed by atoms with Gasteiger partial charge in [0.25, 0.3) is 0 Å². The SMILES string of the molecule is COc1c(C)cc(C(O)C2CC3CCC2C3)cc1C. The monoisotopic (exact) mass is 260 g/mol. The van der Waals surface area contributed by atoms with Crippen molar-refractivity contribution in [3.8, 4) is 5.75 Å². The largest absolute Gasteiger partial charge is 0.496 e. The lowest BCUT2D eigenvalue weighted by Crippen LogP contribution is -2.19. The first-order valence-electron chi connectivity index (χ1n) is 7.43. The van der Waals surface area contributed by atoms with E-state index in [0.29, 0.717) is 5.92 Å². The van der Waals surface area contributed by atoms with Crippen LogP contribution in [-0.2, 0) is 0 Å². The Bertz CT molecular complexity index is 457. The van der Waals surface area contributed by atoms with Crippen LogP contribution in [0.1, 0.15) is 48.5 Å². The number of hydrogen-bond donors (Lipinski definition) is 1. The molecule has 0 amide bonds. The van der Waals surface area contributed by atoms with E-state index in [0.717, 1.165) is 34.3 Å². The van der Waals surface area contributed by atoms with Crippen LogP contribution in [0.3, 0.4) is 0 Å². The molecule has 1 aromatic rings. The number of aryl methyl sites for hydroxylation is 2. The van der Waals surface area contributed by atoms with E-state index in [-0.39, 0.29) is 6.10 Å². The molecule has 3 rings (SSSR count). The van der Waals surface area contributed by atoms with E-state index in [1.807, 2.05) is 0 Å². The molecular weight excluding hydrogens is 236 g/mol. The average Bonchev–Trinajstić information content (AvgIpc) is 2.99. The molecule has 0 aliphatic heterocycles. The number of rotatable bonds is 3. The normalized spacial score (nSPS) is 30.6. The van der Waals surface area contributed by atoms with Gasteiger partial charge < -0.3 is 9.84 Å². The van der Waals surface area contributed by atoms with Gasteiger partial charge in [0.15, 0.2) is 0 Å². The summed E-state index contributed by atoms with van der Waals surface area (Å²) in [5.74, 6) is 3.06. The van der Waals surface area contributed by atoms with E-state index < -0.39 is 0 Å². The highest BCUT2D eigenvalue weighted by Gasteiger charge is 2.43. The average molecular weight is 260 g/mol. The first kappa shape index (κ1) is 13.0. The highest BCUT2D eigenvalue weighted by molar-refractivity contribution is 5.44. The molecule has 0 spiro atoms. The smallest absolute Gasteiger partial charge is 0.124 e. The Morgan fingerprint density at radius 3 is 2.32 bits per heavy atom. The fraction of sp³-hybridized carbons (Fsp3) is 0.647. The third kappa shape index (κ3) is 2.16. The molecule has 2 bridgehead atoms. The second-order valence-corrected chi connectivity index (χ2v) is 6.47. The predicted molar refractivity (Wildman–Crippen MR) is 76.4 cm³/mol. The number of ether oxygens (including phenoxy) is 1. The molecule has 2 nitrogen and oxygen atoms in total. The van der Waals surface area contributed by atoms with Crippen molar-refractivity contribution in [3.63, 3.8) is 0 Å². The Labute approximate surface area is 115 Å². The van der Waals surface area contributed by atoms with E-state index in [1.54, 1.807) is 7.11 Å². The van der Waals surface area contributed by atoms with Crippen LogP contribution >= 0.6 is 0 Å². The summed E-state index contributed by atoms with van der Waals surface area (Å²) in [4.78, 5) is 0. The topological polar surface area (TPSA) is 29.5 Å². The second-order valence-electron chi connectivity index (χ2n) is 6.47. The Morgan fingerprint density at radius 2 is 1.84 bits per heavy atom. The highest BCUT2D eigenvalue weighted by Crippen LogP contribution is 2.52. The van der Waals surface area contributed by atoms with Crippen molar-refractivity contribution in [3.05, 3.63) is 28.8 Å². The molecule has 2 fully saturated rings. The number of aliphatic hydroxyl groups is 1. The van der Waals surface area contributed by atoms with Gasteiger partial charge >= 0.3 is 0 Å². The van der Waals surface area contributed by atoms with E-state index in [1.165, 1.54) is 25.7 Å². The predicted octanol–water partition coefficient (Wildman–Crippen LogP) is 3.78. The molecule has 0 heterocycles. The van der Waals surface area contributed by atoms with Crippen molar-refractivity contribution in [2.45, 2.75) is 45.6 Å². The molecule has 104 valence electrons. The van der Waals surface area contributed by atoms with Crippen molar-refractivity contribution >= 4 is 0 Å². The Morgan fingerprint density at radius 1 is 1.16 bits per heavy atom. The van der Waals surface area contributed by atoms with Gasteiger partial charge in [-0.25, -0.2) is 0 Å². The van der Waals surface area contributed by atoms with Crippen LogP contribution in [0, 0.1) is 31.6 Å². The zero-order valence-corrected chi connectivity index (χ0v) is 12.1. The summed E-state index contributed by atoms with van der Waals surface area (Å²) in [6, 6.07) is 4.20. The van der Waals surface area contributed by atoms with E-state index >= 15 is 0 Å². The summed E-state index contributed by atoms with van der Waals surface area (Å²) in [6.07, 6.45) is 4.97. The van der Waals surface area contributed by atoms with Gasteiger partial charge in [-0.05, 0) is 79.7 Å². The third-order valence-corrected chi connectivity index (χ3v) is 5.23. The van der Waals surface area contributed by atoms with Gasteiger partial charge in [-0.3, -0.25) is 0 Å². The number of benzene rings is 1. The summed E-state index contributed by atoms with van der Waals surface area (Å²) in [5.41, 5.74) is 3.33. The maximum atomic E-state index is 10.7. The lowest BCUT2D eigenvalue weighted by Gasteiger charge is -2.27. The molecule has 2 aliphatic rings. The van der Waals surface area contributed by atoms with Crippen LogP contribution in [0.5, 0.6) is 5.75 Å². The number of aliphatic hydroxyl groups excluding tert-OH is 1. The van der Waals surface area contributed by atoms with Crippen LogP contribution in [0.25, 0.3) is 0 Å². The molecule has 0 saturated heterocycles. The fourth-order valence-electron chi connectivity index (χ4n) is 4.40. The van der Waals surface area contributed by atoms with E-state index in [2.05, 4.69) is 26.0 Å². The molecule has 19 heavy (non-hydrogen) atoms. The summed E-state index contributed by atoms with van der Waals surface area (Å²) in [5, 5.41) is 10.7. The molecule has 1 N–H and O–H groups in total. The first-order chi connectivity index (χ1) is 9.10. The maximum Gasteiger partial charge on any atom is 0.124 e. The van der Waals surface area contributed by atoms with Crippen LogP contribution in [0.15, 0.2) is 12.1 Å². The Kier molecular flexibility index (Phi) is 3.30. The quantitative estimate of drug-likeness (QED) is 0.896. The van der Waals surface area contributed by atoms with Gasteiger partial charge in [-0.2, -0.15) is 0 Å². The van der Waals surface area contributed by atoms with Crippen molar-refractivity contribution in [2.75, 3.05) is 7.11 Å². The summed E-state index contributed by atoms with van der Waals surface area (Å²) < 4.78 is 5.40. The third-order valence-electron chi connectivity index (χ3n) is 5.23. The van der Waals surface area contributed by atoms with Gasteiger partial charge in [-0.15, -0.1) is 0 Å². The minimum atomic E-state index is -0.293. The number of methoxy groups -OCH3 is 1. The standard InChI is InChI=1S/C17H24O2/c1-10-6-14(7-11(2)17(10)19-3)16(18)15-9-12-4-5-13(15)8-12/h6-7,12-13,15-16,18H,4-5,8-9H2,1-3H3. The van der Waals surface area contributed by atoms with Crippen molar-refractivity contribution in [2.24, 2.45) is 17.8 Å². The Hall–Kier alpha value is -1.02. The molecule has 2 heteroatoms. The number of hydrogen-bond acceptors (Lipinski definition) is 2. The van der Waals surface area contributed by atoms with Crippen LogP contribution in [-0.4, -0.2) is 12.2 Å². The van der Waals surface area contributed by atoms with Gasteiger partial charge in [0, 0.05) is 0 Å². The summed E-state index contributed by atoms with van der Waals surface area (Å²) in [7, 11) is 1.71.